The van der Waals surface area contributed by atoms with Gasteiger partial charge in [-0.05, 0) is 43.7 Å². The van der Waals surface area contributed by atoms with Crippen LogP contribution in [-0.2, 0) is 11.3 Å². The van der Waals surface area contributed by atoms with Crippen molar-refractivity contribution in [2.75, 3.05) is 74.0 Å². The Morgan fingerprint density at radius 2 is 1.66 bits per heavy atom. The monoisotopic (exact) mass is 519 g/mol. The Kier molecular flexibility index (Phi) is 6.73. The van der Waals surface area contributed by atoms with E-state index in [1.807, 2.05) is 42.9 Å². The number of ether oxygens (including phenoxy) is 5. The van der Waals surface area contributed by atoms with E-state index >= 15 is 0 Å². The van der Waals surface area contributed by atoms with Crippen LogP contribution in [0.25, 0.3) is 32.4 Å². The maximum atomic E-state index is 14.0. The third kappa shape index (κ3) is 4.51. The minimum absolute atomic E-state index is 0.0577. The average Bonchev–Trinajstić information content (AvgIpc) is 3.39. The third-order valence-corrected chi connectivity index (χ3v) is 7.36. The fourth-order valence-electron chi connectivity index (χ4n) is 5.31. The highest BCUT2D eigenvalue weighted by Crippen LogP contribution is 2.41. The lowest BCUT2D eigenvalue weighted by atomic mass is 9.99. The zero-order valence-corrected chi connectivity index (χ0v) is 22.1. The summed E-state index contributed by atoms with van der Waals surface area (Å²) in [6.45, 7) is 6.10. The molecule has 1 aromatic heterocycles. The molecule has 0 aliphatic carbocycles. The maximum Gasteiger partial charge on any atom is 0.259 e. The predicted octanol–water partition coefficient (Wildman–Crippen LogP) is 3.32. The van der Waals surface area contributed by atoms with Crippen molar-refractivity contribution in [1.82, 2.24) is 14.4 Å². The summed E-state index contributed by atoms with van der Waals surface area (Å²) in [4.78, 5) is 18.4. The largest absolute Gasteiger partial charge is 0.493 e. The van der Waals surface area contributed by atoms with Crippen molar-refractivity contribution in [3.8, 4) is 23.0 Å². The first kappa shape index (κ1) is 24.8. The summed E-state index contributed by atoms with van der Waals surface area (Å²) >= 11 is 0. The molecule has 3 aromatic carbocycles. The number of nitrogens with zero attached hydrogens (tertiary/aromatic N) is 3. The van der Waals surface area contributed by atoms with Crippen LogP contribution in [-0.4, -0.2) is 88.4 Å². The van der Waals surface area contributed by atoms with E-state index in [1.165, 1.54) is 0 Å². The normalized spacial score (nSPS) is 15.7. The van der Waals surface area contributed by atoms with Crippen LogP contribution in [0.15, 0.2) is 41.2 Å². The summed E-state index contributed by atoms with van der Waals surface area (Å²) in [7, 11) is 5.62. The highest BCUT2D eigenvalue weighted by Gasteiger charge is 2.21. The predicted molar refractivity (Wildman–Crippen MR) is 147 cm³/mol. The Balaban J connectivity index is 1.51. The molecule has 1 saturated heterocycles. The van der Waals surface area contributed by atoms with Gasteiger partial charge in [-0.1, -0.05) is 12.1 Å². The van der Waals surface area contributed by atoms with Gasteiger partial charge in [0.25, 0.3) is 5.56 Å². The molecule has 2 aliphatic heterocycles. The molecule has 6 rings (SSSR count). The first-order valence-corrected chi connectivity index (χ1v) is 13.0. The van der Waals surface area contributed by atoms with Crippen molar-refractivity contribution in [3.05, 3.63) is 46.8 Å². The molecular formula is C29H33N3O6. The number of rotatable bonds is 8. The number of methoxy groups -OCH3 is 1. The molecule has 0 saturated carbocycles. The molecule has 38 heavy (non-hydrogen) atoms. The van der Waals surface area contributed by atoms with Crippen molar-refractivity contribution in [3.63, 3.8) is 0 Å². The average molecular weight is 520 g/mol. The quantitative estimate of drug-likeness (QED) is 0.328. The fourth-order valence-corrected chi connectivity index (χ4v) is 5.31. The number of pyridine rings is 1. The number of hydrogen-bond acceptors (Lipinski definition) is 8. The summed E-state index contributed by atoms with van der Waals surface area (Å²) in [5, 5.41) is 4.37. The van der Waals surface area contributed by atoms with Gasteiger partial charge in [0.1, 0.15) is 6.61 Å². The second-order valence-electron chi connectivity index (χ2n) is 10.00. The zero-order chi connectivity index (χ0) is 26.2. The maximum absolute atomic E-state index is 14.0. The minimum Gasteiger partial charge on any atom is -0.493 e. The van der Waals surface area contributed by atoms with Gasteiger partial charge >= 0.3 is 0 Å². The van der Waals surface area contributed by atoms with Gasteiger partial charge in [-0.3, -0.25) is 9.69 Å². The summed E-state index contributed by atoms with van der Waals surface area (Å²) in [6, 6.07) is 11.9. The van der Waals surface area contributed by atoms with Crippen LogP contribution in [0.3, 0.4) is 0 Å². The number of likely N-dealkylation sites (N-methyl/N-ethyl adjacent to an activating group) is 1. The first-order valence-electron chi connectivity index (χ1n) is 13.0. The Morgan fingerprint density at radius 3 is 2.42 bits per heavy atom. The Morgan fingerprint density at radius 1 is 0.895 bits per heavy atom. The number of fused-ring (bicyclic) bond motifs is 6. The molecule has 0 radical (unpaired) electrons. The molecule has 0 unspecified atom stereocenters. The van der Waals surface area contributed by atoms with E-state index in [-0.39, 0.29) is 12.4 Å². The van der Waals surface area contributed by atoms with Gasteiger partial charge in [-0.15, -0.1) is 0 Å². The number of morpholine rings is 1. The van der Waals surface area contributed by atoms with Crippen LogP contribution in [0, 0.1) is 0 Å². The van der Waals surface area contributed by atoms with E-state index in [2.05, 4.69) is 21.9 Å². The molecule has 9 nitrogen and oxygen atoms in total. The van der Waals surface area contributed by atoms with Gasteiger partial charge < -0.3 is 33.2 Å². The zero-order valence-electron chi connectivity index (χ0n) is 22.1. The van der Waals surface area contributed by atoms with E-state index in [0.29, 0.717) is 35.8 Å². The molecular weight excluding hydrogens is 486 g/mol. The van der Waals surface area contributed by atoms with Gasteiger partial charge in [0.15, 0.2) is 23.0 Å². The number of hydrogen-bond donors (Lipinski definition) is 0. The van der Waals surface area contributed by atoms with Crippen LogP contribution in [0.1, 0.15) is 0 Å². The lowest BCUT2D eigenvalue weighted by Gasteiger charge is -2.26. The summed E-state index contributed by atoms with van der Waals surface area (Å²) in [5.74, 6) is 2.60. The Hall–Kier alpha value is -3.53. The second-order valence-corrected chi connectivity index (χ2v) is 10.00. The van der Waals surface area contributed by atoms with Gasteiger partial charge in [0.05, 0.1) is 31.2 Å². The molecule has 2 aliphatic rings. The Bertz CT molecular complexity index is 1560. The topological polar surface area (TPSA) is 74.6 Å². The lowest BCUT2D eigenvalue weighted by molar-refractivity contribution is 0.0321. The van der Waals surface area contributed by atoms with E-state index < -0.39 is 0 Å². The SMILES string of the molecule is COc1cc2c(=O)n(CCN(C)C)c3c4cc5c(cc4ccc3c2cc1OCCN1CCOCC1)OCO5. The first-order chi connectivity index (χ1) is 18.5. The van der Waals surface area contributed by atoms with Crippen LogP contribution >= 0.6 is 0 Å². The van der Waals surface area contributed by atoms with Crippen molar-refractivity contribution >= 4 is 32.4 Å². The van der Waals surface area contributed by atoms with Crippen LogP contribution in [0.2, 0.25) is 0 Å². The Labute approximate surface area is 221 Å². The van der Waals surface area contributed by atoms with Crippen molar-refractivity contribution in [2.45, 2.75) is 6.54 Å². The molecule has 4 aromatic rings. The van der Waals surface area contributed by atoms with Crippen molar-refractivity contribution in [1.29, 1.82) is 0 Å². The van der Waals surface area contributed by atoms with Gasteiger partial charge in [0.2, 0.25) is 6.79 Å². The van der Waals surface area contributed by atoms with Crippen LogP contribution in [0.4, 0.5) is 0 Å². The fraction of sp³-hybridized carbons (Fsp3) is 0.414. The number of benzene rings is 3. The van der Waals surface area contributed by atoms with Gasteiger partial charge in [-0.2, -0.15) is 0 Å². The van der Waals surface area contributed by atoms with E-state index in [0.717, 1.165) is 72.2 Å². The highest BCUT2D eigenvalue weighted by atomic mass is 16.7. The second kappa shape index (κ2) is 10.3. The van der Waals surface area contributed by atoms with E-state index in [1.54, 1.807) is 7.11 Å². The van der Waals surface area contributed by atoms with E-state index in [9.17, 15) is 4.79 Å². The standard InChI is InChI=1S/C29H33N3O6/c1-30(2)6-7-32-28-20(5-4-19-14-25-27(15-21(19)28)38-18-37-25)22-16-26(24(34-3)17-23(22)29(32)33)36-13-10-31-8-11-35-12-9-31/h4-5,14-17H,6-13,18H2,1-3H3. The van der Waals surface area contributed by atoms with Crippen LogP contribution < -0.4 is 24.5 Å². The van der Waals surface area contributed by atoms with Gasteiger partial charge in [0, 0.05) is 48.9 Å². The minimum atomic E-state index is -0.0577. The van der Waals surface area contributed by atoms with Crippen molar-refractivity contribution < 1.29 is 23.7 Å². The molecule has 0 atom stereocenters. The smallest absolute Gasteiger partial charge is 0.259 e. The van der Waals surface area contributed by atoms with Crippen molar-refractivity contribution in [2.24, 2.45) is 0 Å². The van der Waals surface area contributed by atoms with E-state index in [4.69, 9.17) is 23.7 Å². The summed E-state index contributed by atoms with van der Waals surface area (Å²) < 4.78 is 30.5. The molecule has 0 spiro atoms. The van der Waals surface area contributed by atoms with Gasteiger partial charge in [-0.25, -0.2) is 0 Å². The molecule has 9 heteroatoms. The number of aromatic nitrogens is 1. The summed E-state index contributed by atoms with van der Waals surface area (Å²) in [6.07, 6.45) is 0. The lowest BCUT2D eigenvalue weighted by Crippen LogP contribution is -2.38. The molecule has 1 fully saturated rings. The highest BCUT2D eigenvalue weighted by molar-refractivity contribution is 6.16. The van der Waals surface area contributed by atoms with Crippen LogP contribution in [0.5, 0.6) is 23.0 Å². The molecule has 0 amide bonds. The summed E-state index contributed by atoms with van der Waals surface area (Å²) in [5.41, 5.74) is 0.822. The molecule has 3 heterocycles. The molecule has 0 N–H and O–H groups in total. The third-order valence-electron chi connectivity index (χ3n) is 7.36. The molecule has 0 bridgehead atoms. The molecule has 200 valence electrons.